The van der Waals surface area contributed by atoms with E-state index < -0.39 is 0 Å². The van der Waals surface area contributed by atoms with E-state index in [9.17, 15) is 0 Å². The van der Waals surface area contributed by atoms with E-state index in [1.807, 2.05) is 32.3 Å². The molecule has 2 heteroatoms. The molecule has 138 valence electrons. The Morgan fingerprint density at radius 3 is 1.21 bits per heavy atom. The fourth-order valence-corrected chi connectivity index (χ4v) is 3.40. The minimum atomic E-state index is 1.25. The van der Waals surface area contributed by atoms with Gasteiger partial charge in [-0.25, -0.2) is 0 Å². The predicted molar refractivity (Wildman–Crippen MR) is 122 cm³/mol. The van der Waals surface area contributed by atoms with E-state index in [1.54, 1.807) is 6.07 Å². The van der Waals surface area contributed by atoms with Crippen LogP contribution in [0.2, 0.25) is 0 Å². The van der Waals surface area contributed by atoms with Crippen molar-refractivity contribution >= 4 is 38.0 Å². The van der Waals surface area contributed by atoms with Gasteiger partial charge < -0.3 is 4.90 Å². The topological polar surface area (TPSA) is 27.0 Å². The number of hydrogen-bond donors (Lipinski definition) is 0. The van der Waals surface area contributed by atoms with Gasteiger partial charge in [0.15, 0.2) is 0 Å². The van der Waals surface area contributed by atoms with Gasteiger partial charge in [0.25, 0.3) is 0 Å². The second-order valence-electron chi connectivity index (χ2n) is 6.74. The average Bonchev–Trinajstić information content (AvgIpc) is 2.74. The summed E-state index contributed by atoms with van der Waals surface area (Å²) in [5.41, 5.74) is 1.25. The third-order valence-corrected chi connectivity index (χ3v) is 4.67. The highest BCUT2D eigenvalue weighted by molar-refractivity contribution is 6.22. The Bertz CT molecular complexity index is 1070. The van der Waals surface area contributed by atoms with Crippen molar-refractivity contribution < 1.29 is 0 Å². The van der Waals surface area contributed by atoms with Crippen molar-refractivity contribution in [3.63, 3.8) is 0 Å². The zero-order valence-corrected chi connectivity index (χ0v) is 16.6. The van der Waals surface area contributed by atoms with E-state index in [4.69, 9.17) is 5.26 Å². The number of benzene rings is 5. The summed E-state index contributed by atoms with van der Waals surface area (Å²) in [7, 11) is 4.07. The maximum atomic E-state index is 7.32. The van der Waals surface area contributed by atoms with E-state index in [2.05, 4.69) is 77.7 Å². The Morgan fingerprint density at radius 2 is 0.929 bits per heavy atom. The summed E-state index contributed by atoms with van der Waals surface area (Å²) >= 11 is 0. The number of nitrogens with zero attached hydrogens (tertiary/aromatic N) is 2. The Hall–Kier alpha value is -3.57. The van der Waals surface area contributed by atoms with Gasteiger partial charge in [-0.15, -0.1) is 0 Å². The van der Waals surface area contributed by atoms with Gasteiger partial charge in [0, 0.05) is 26.7 Å². The molecule has 28 heavy (non-hydrogen) atoms. The van der Waals surface area contributed by atoms with E-state index in [1.165, 1.54) is 44.9 Å². The summed E-state index contributed by atoms with van der Waals surface area (Å²) in [6, 6.07) is 33.9. The molecule has 0 atom stereocenters. The highest BCUT2D eigenvalue weighted by atomic mass is 15.1. The lowest BCUT2D eigenvalue weighted by Gasteiger charge is -2.10. The Labute approximate surface area is 166 Å². The van der Waals surface area contributed by atoms with Gasteiger partial charge in [0.05, 0.1) is 6.07 Å². The minimum absolute atomic E-state index is 1.25. The van der Waals surface area contributed by atoms with E-state index in [0.717, 1.165) is 0 Å². The number of nitriles is 1. The van der Waals surface area contributed by atoms with Crippen LogP contribution in [0.3, 0.4) is 0 Å². The highest BCUT2D eigenvalue weighted by Crippen LogP contribution is 2.33. The van der Waals surface area contributed by atoms with Crippen LogP contribution in [0.15, 0.2) is 91.0 Å². The maximum absolute atomic E-state index is 7.32. The molecule has 0 fully saturated rings. The fraction of sp³-hybridized carbons (Fsp3) is 0.115. The second kappa shape index (κ2) is 8.88. The van der Waals surface area contributed by atoms with Crippen molar-refractivity contribution in [1.29, 1.82) is 5.26 Å². The summed E-state index contributed by atoms with van der Waals surface area (Å²) in [6.07, 6.45) is 0. The molecule has 0 radical (unpaired) electrons. The molecule has 5 aromatic rings. The molecule has 0 heterocycles. The van der Waals surface area contributed by atoms with Crippen LogP contribution in [0.25, 0.3) is 32.3 Å². The third-order valence-electron chi connectivity index (χ3n) is 4.67. The van der Waals surface area contributed by atoms with Crippen molar-refractivity contribution in [2.75, 3.05) is 19.0 Å². The molecule has 0 unspecified atom stereocenters. The first kappa shape index (κ1) is 19.2. The maximum Gasteiger partial charge on any atom is 0.0587 e. The summed E-state index contributed by atoms with van der Waals surface area (Å²) in [6.45, 7) is 1.43. The monoisotopic (exact) mass is 364 g/mol. The average molecular weight is 364 g/mol. The fourth-order valence-electron chi connectivity index (χ4n) is 3.40. The Balaban J connectivity index is 0.000000160. The van der Waals surface area contributed by atoms with Crippen LogP contribution in [-0.4, -0.2) is 14.1 Å². The molecule has 0 spiro atoms. The molecule has 0 bridgehead atoms. The summed E-state index contributed by atoms with van der Waals surface area (Å²) in [5.74, 6) is 0. The van der Waals surface area contributed by atoms with Crippen molar-refractivity contribution in [3.8, 4) is 6.07 Å². The second-order valence-corrected chi connectivity index (χ2v) is 6.74. The first-order chi connectivity index (χ1) is 13.7. The van der Waals surface area contributed by atoms with Crippen LogP contribution < -0.4 is 4.90 Å². The normalized spacial score (nSPS) is 9.93. The summed E-state index contributed by atoms with van der Waals surface area (Å²) in [5, 5.41) is 15.5. The molecule has 0 aliphatic carbocycles. The molecule has 0 aromatic heterocycles. The highest BCUT2D eigenvalue weighted by Gasteiger charge is 2.05. The predicted octanol–water partition coefficient (Wildman–Crippen LogP) is 6.87. The van der Waals surface area contributed by atoms with Gasteiger partial charge in [-0.3, -0.25) is 0 Å². The van der Waals surface area contributed by atoms with Crippen LogP contribution in [0.5, 0.6) is 0 Å². The van der Waals surface area contributed by atoms with E-state index in [-0.39, 0.29) is 0 Å². The van der Waals surface area contributed by atoms with Crippen LogP contribution >= 0.6 is 0 Å². The SMILES string of the molecule is CC#N.CN(C)c1ccccc1.c1cc2ccc3cccc4ccc(c1)c2c34. The minimum Gasteiger partial charge on any atom is -0.378 e. The number of hydrogen-bond acceptors (Lipinski definition) is 2. The van der Waals surface area contributed by atoms with Crippen LogP contribution in [-0.2, 0) is 0 Å². The van der Waals surface area contributed by atoms with Gasteiger partial charge in [-0.2, -0.15) is 5.26 Å². The summed E-state index contributed by atoms with van der Waals surface area (Å²) < 4.78 is 0. The summed E-state index contributed by atoms with van der Waals surface area (Å²) in [4.78, 5) is 2.08. The molecule has 0 aliphatic heterocycles. The standard InChI is InChI=1S/C16H10.C8H11N.C2H3N/c1-3-11-7-9-13-5-2-6-14-10-8-12(4-1)15(11)16(13)14;1-9(2)8-6-4-3-5-7-8;1-2-3/h1-10H;3-7H,1-2H3;1H3. The van der Waals surface area contributed by atoms with Crippen molar-refractivity contribution in [1.82, 2.24) is 0 Å². The van der Waals surface area contributed by atoms with E-state index >= 15 is 0 Å². The van der Waals surface area contributed by atoms with Crippen molar-refractivity contribution in [3.05, 3.63) is 91.0 Å². The smallest absolute Gasteiger partial charge is 0.0587 e. The van der Waals surface area contributed by atoms with Gasteiger partial charge in [0.2, 0.25) is 0 Å². The van der Waals surface area contributed by atoms with Gasteiger partial charge >= 0.3 is 0 Å². The first-order valence-corrected chi connectivity index (χ1v) is 9.31. The number of anilines is 1. The first-order valence-electron chi connectivity index (χ1n) is 9.31. The van der Waals surface area contributed by atoms with Gasteiger partial charge in [-0.05, 0) is 44.5 Å². The lowest BCUT2D eigenvalue weighted by molar-refractivity contribution is 1.13. The lowest BCUT2D eigenvalue weighted by Crippen LogP contribution is -2.07. The zero-order valence-electron chi connectivity index (χ0n) is 16.6. The molecule has 0 amide bonds. The zero-order chi connectivity index (χ0) is 19.9. The molecule has 2 nitrogen and oxygen atoms in total. The van der Waals surface area contributed by atoms with Crippen LogP contribution in [0, 0.1) is 11.3 Å². The molecular weight excluding hydrogens is 340 g/mol. The molecule has 5 rings (SSSR count). The van der Waals surface area contributed by atoms with Crippen molar-refractivity contribution in [2.24, 2.45) is 0 Å². The molecule has 0 saturated carbocycles. The van der Waals surface area contributed by atoms with Gasteiger partial charge in [0.1, 0.15) is 0 Å². The lowest BCUT2D eigenvalue weighted by atomic mass is 9.95. The Kier molecular flexibility index (Phi) is 6.09. The quantitative estimate of drug-likeness (QED) is 0.304. The van der Waals surface area contributed by atoms with Crippen molar-refractivity contribution in [2.45, 2.75) is 6.92 Å². The molecule has 0 saturated heterocycles. The molecular formula is C26H24N2. The molecule has 0 aliphatic rings. The van der Waals surface area contributed by atoms with E-state index in [0.29, 0.717) is 0 Å². The largest absolute Gasteiger partial charge is 0.378 e. The Morgan fingerprint density at radius 1 is 0.571 bits per heavy atom. The number of para-hydroxylation sites is 1. The molecule has 5 aromatic carbocycles. The number of rotatable bonds is 1. The van der Waals surface area contributed by atoms with Crippen LogP contribution in [0.4, 0.5) is 5.69 Å². The third kappa shape index (κ3) is 4.05. The van der Waals surface area contributed by atoms with Gasteiger partial charge in [-0.1, -0.05) is 78.9 Å². The molecule has 0 N–H and O–H groups in total. The van der Waals surface area contributed by atoms with Crippen LogP contribution in [0.1, 0.15) is 6.92 Å².